The fourth-order valence-electron chi connectivity index (χ4n) is 5.58. The summed E-state index contributed by atoms with van der Waals surface area (Å²) in [7, 11) is 0. The van der Waals surface area contributed by atoms with Crippen molar-refractivity contribution in [2.75, 3.05) is 26.4 Å². The zero-order chi connectivity index (χ0) is 26.3. The Morgan fingerprint density at radius 1 is 1.10 bits per heavy atom. The molecule has 10 heteroatoms. The Hall–Kier alpha value is -3.73. The van der Waals surface area contributed by atoms with Gasteiger partial charge in [0.25, 0.3) is 6.02 Å². The van der Waals surface area contributed by atoms with E-state index in [1.54, 1.807) is 6.07 Å². The Kier molecular flexibility index (Phi) is 6.30. The molecule has 0 saturated carbocycles. The lowest BCUT2D eigenvalue weighted by Crippen LogP contribution is -2.34. The lowest BCUT2D eigenvalue weighted by Gasteiger charge is -2.16. The minimum absolute atomic E-state index is 0.231. The van der Waals surface area contributed by atoms with Crippen LogP contribution in [0.15, 0.2) is 65.3 Å². The highest BCUT2D eigenvalue weighted by molar-refractivity contribution is 5.81. The van der Waals surface area contributed by atoms with Crippen LogP contribution in [0.25, 0.3) is 22.3 Å². The predicted octanol–water partition coefficient (Wildman–Crippen LogP) is 3.57. The maximum Gasteiger partial charge on any atom is 0.289 e. The smallest absolute Gasteiger partial charge is 0.289 e. The maximum absolute atomic E-state index is 15.1. The third-order valence-electron chi connectivity index (χ3n) is 7.59. The first-order valence-electron chi connectivity index (χ1n) is 13.3. The van der Waals surface area contributed by atoms with Crippen LogP contribution in [0.3, 0.4) is 0 Å². The molecule has 5 heterocycles. The van der Waals surface area contributed by atoms with E-state index in [9.17, 15) is 5.11 Å². The second kappa shape index (κ2) is 10.1. The van der Waals surface area contributed by atoms with Crippen molar-refractivity contribution in [3.8, 4) is 17.1 Å². The summed E-state index contributed by atoms with van der Waals surface area (Å²) in [5, 5.41) is 13.2. The number of aromatic nitrogens is 2. The fraction of sp³-hybridized carbons (Fsp3) is 0.379. The summed E-state index contributed by atoms with van der Waals surface area (Å²) >= 11 is 0. The number of rotatable bonds is 5. The van der Waals surface area contributed by atoms with Crippen LogP contribution in [-0.2, 0) is 14.2 Å². The third kappa shape index (κ3) is 4.80. The van der Waals surface area contributed by atoms with E-state index >= 15 is 4.39 Å². The molecule has 0 amide bonds. The summed E-state index contributed by atoms with van der Waals surface area (Å²) < 4.78 is 37.9. The number of fused-ring (bicyclic) bond motifs is 2. The lowest BCUT2D eigenvalue weighted by molar-refractivity contribution is 0.00794. The van der Waals surface area contributed by atoms with Gasteiger partial charge in [0, 0.05) is 29.3 Å². The summed E-state index contributed by atoms with van der Waals surface area (Å²) in [6.45, 7) is 1.85. The van der Waals surface area contributed by atoms with Crippen LogP contribution < -0.4 is 10.1 Å². The predicted molar refractivity (Wildman–Crippen MR) is 142 cm³/mol. The van der Waals surface area contributed by atoms with Gasteiger partial charge in [0.1, 0.15) is 30.6 Å². The van der Waals surface area contributed by atoms with Gasteiger partial charge in [0.2, 0.25) is 0 Å². The summed E-state index contributed by atoms with van der Waals surface area (Å²) in [5.41, 5.74) is 4.28. The van der Waals surface area contributed by atoms with Crippen molar-refractivity contribution in [1.29, 1.82) is 0 Å². The van der Waals surface area contributed by atoms with Crippen LogP contribution in [0.4, 0.5) is 4.39 Å². The second-order valence-corrected chi connectivity index (χ2v) is 10.2. The van der Waals surface area contributed by atoms with Crippen LogP contribution in [0.1, 0.15) is 24.3 Å². The van der Waals surface area contributed by atoms with E-state index in [-0.39, 0.29) is 36.5 Å². The van der Waals surface area contributed by atoms with Crippen molar-refractivity contribution < 1.29 is 28.4 Å². The van der Waals surface area contributed by atoms with Crippen molar-refractivity contribution in [2.45, 2.75) is 43.2 Å². The number of halogens is 1. The van der Waals surface area contributed by atoms with E-state index in [0.717, 1.165) is 24.1 Å². The van der Waals surface area contributed by atoms with Gasteiger partial charge in [-0.25, -0.2) is 14.4 Å². The number of ether oxygens (including phenoxy) is 4. The molecular weight excluding hydrogens is 503 g/mol. The number of pyridine rings is 1. The Bertz CT molecular complexity index is 1470. The molecule has 3 N–H and O–H groups in total. The van der Waals surface area contributed by atoms with E-state index in [0.29, 0.717) is 48.3 Å². The molecule has 0 bridgehead atoms. The van der Waals surface area contributed by atoms with Crippen molar-refractivity contribution in [3.05, 3.63) is 71.7 Å². The highest BCUT2D eigenvalue weighted by atomic mass is 19.1. The van der Waals surface area contributed by atoms with Crippen molar-refractivity contribution in [2.24, 2.45) is 4.99 Å². The number of aliphatic hydroxyl groups excluding tert-OH is 1. The van der Waals surface area contributed by atoms with Gasteiger partial charge in [-0.05, 0) is 24.5 Å². The van der Waals surface area contributed by atoms with Crippen LogP contribution in [-0.4, -0.2) is 71.9 Å². The molecule has 0 spiro atoms. The number of allylic oxidation sites excluding steroid dienone is 3. The molecule has 3 aliphatic heterocycles. The summed E-state index contributed by atoms with van der Waals surface area (Å²) in [4.78, 5) is 12.0. The number of benzene rings is 1. The number of aromatic amines is 1. The molecule has 1 aromatic carbocycles. The molecule has 1 unspecified atom stereocenters. The summed E-state index contributed by atoms with van der Waals surface area (Å²) in [6.07, 6.45) is 6.57. The van der Waals surface area contributed by atoms with Crippen molar-refractivity contribution in [3.63, 3.8) is 0 Å². The van der Waals surface area contributed by atoms with E-state index in [1.165, 1.54) is 6.07 Å². The number of hydrogen-bond acceptors (Lipinski definition) is 8. The largest absolute Gasteiger partial charge is 0.470 e. The topological polar surface area (TPSA) is 110 Å². The Morgan fingerprint density at radius 2 is 1.97 bits per heavy atom. The Balaban J connectivity index is 1.06. The monoisotopic (exact) mass is 532 g/mol. The standard InChI is InChI=1S/C29H29FN4O5/c30-20-12-21-22(13-25(33-21)39-24-15-38-27-23(35)14-37-28(24)27)34-26(20)18-6-4-17(5-7-18)16-2-1-3-19(9-8-16)32-29-31-10-11-36-29/h3-9,12-13,16,23-24,27-28,33,35H,1-2,10-11,14-15H2,(H,31,32)/t16?,23-,24-,27-,28-/m1/s1. The van der Waals surface area contributed by atoms with Gasteiger partial charge < -0.3 is 34.4 Å². The van der Waals surface area contributed by atoms with Crippen LogP contribution in [0.2, 0.25) is 0 Å². The number of amidine groups is 1. The average molecular weight is 533 g/mol. The second-order valence-electron chi connectivity index (χ2n) is 10.2. The number of aliphatic hydroxyl groups is 1. The minimum atomic E-state index is -0.646. The third-order valence-corrected chi connectivity index (χ3v) is 7.59. The Labute approximate surface area is 224 Å². The molecule has 202 valence electrons. The average Bonchev–Trinajstić information content (AvgIpc) is 3.71. The number of hydrogen-bond donors (Lipinski definition) is 3. The van der Waals surface area contributed by atoms with Crippen LogP contribution >= 0.6 is 0 Å². The zero-order valence-electron chi connectivity index (χ0n) is 21.2. The highest BCUT2D eigenvalue weighted by Gasteiger charge is 2.48. The quantitative estimate of drug-likeness (QED) is 0.461. The van der Waals surface area contributed by atoms with E-state index < -0.39 is 11.9 Å². The molecule has 0 radical (unpaired) electrons. The molecule has 2 aromatic heterocycles. The molecule has 7 rings (SSSR count). The summed E-state index contributed by atoms with van der Waals surface area (Å²) in [6, 6.07) is 11.7. The molecule has 2 fully saturated rings. The van der Waals surface area contributed by atoms with Crippen molar-refractivity contribution in [1.82, 2.24) is 15.3 Å². The molecule has 4 aliphatic rings. The van der Waals surface area contributed by atoms with Gasteiger partial charge in [-0.3, -0.25) is 0 Å². The number of nitrogens with one attached hydrogen (secondary N) is 2. The zero-order valence-corrected chi connectivity index (χ0v) is 21.2. The summed E-state index contributed by atoms with van der Waals surface area (Å²) in [5.74, 6) is 0.286. The highest BCUT2D eigenvalue weighted by Crippen LogP contribution is 2.33. The normalized spacial score (nSPS) is 28.1. The molecule has 39 heavy (non-hydrogen) atoms. The van der Waals surface area contributed by atoms with Gasteiger partial charge in [-0.15, -0.1) is 0 Å². The Morgan fingerprint density at radius 3 is 2.82 bits per heavy atom. The fourth-order valence-corrected chi connectivity index (χ4v) is 5.58. The van der Waals surface area contributed by atoms with Crippen molar-refractivity contribution >= 4 is 17.1 Å². The first-order chi connectivity index (χ1) is 19.1. The number of nitrogens with zero attached hydrogens (tertiary/aromatic N) is 2. The first-order valence-corrected chi connectivity index (χ1v) is 13.3. The first kappa shape index (κ1) is 24.3. The molecule has 1 aliphatic carbocycles. The molecular formula is C29H29FN4O5. The minimum Gasteiger partial charge on any atom is -0.470 e. The van der Waals surface area contributed by atoms with Gasteiger partial charge in [0.15, 0.2) is 17.8 Å². The molecule has 2 saturated heterocycles. The lowest BCUT2D eigenvalue weighted by atomic mass is 9.93. The SMILES string of the molecule is O[C@@H]1CO[C@H]2[C@@H]1OC[C@H]2Oc1cc2nc(-c3ccc(C4C=CC(NC5=NCCO5)=CCC4)cc3)c(F)cc2[nH]1. The van der Waals surface area contributed by atoms with E-state index in [1.807, 2.05) is 24.3 Å². The van der Waals surface area contributed by atoms with Crippen LogP contribution in [0.5, 0.6) is 5.88 Å². The maximum atomic E-state index is 15.1. The van der Waals surface area contributed by atoms with Gasteiger partial charge in [-0.1, -0.05) is 36.4 Å². The number of H-pyrrole nitrogens is 1. The molecule has 9 nitrogen and oxygen atoms in total. The van der Waals surface area contributed by atoms with Gasteiger partial charge in [-0.2, -0.15) is 0 Å². The van der Waals surface area contributed by atoms with E-state index in [2.05, 4.69) is 38.5 Å². The molecule has 5 atom stereocenters. The van der Waals surface area contributed by atoms with Gasteiger partial charge >= 0.3 is 0 Å². The molecule has 3 aromatic rings. The van der Waals surface area contributed by atoms with E-state index in [4.69, 9.17) is 18.9 Å². The van der Waals surface area contributed by atoms with Gasteiger partial charge in [0.05, 0.1) is 30.8 Å². The number of aliphatic imine (C=N–C) groups is 1. The van der Waals surface area contributed by atoms with Crippen LogP contribution in [0, 0.1) is 5.82 Å².